The summed E-state index contributed by atoms with van der Waals surface area (Å²) in [6.45, 7) is 0. The highest BCUT2D eigenvalue weighted by molar-refractivity contribution is 6.10. The van der Waals surface area contributed by atoms with E-state index in [1.54, 1.807) is 0 Å². The number of fused-ring (bicyclic) bond motifs is 13. The Morgan fingerprint density at radius 1 is 0.381 bits per heavy atom. The third-order valence-electron chi connectivity index (χ3n) is 13.4. The maximum absolute atomic E-state index is 5.53. The highest BCUT2D eigenvalue weighted by Crippen LogP contribution is 2.64. The zero-order chi connectivity index (χ0) is 41.5. The summed E-state index contributed by atoms with van der Waals surface area (Å²) in [4.78, 5) is 2.47. The molecule has 3 nitrogen and oxygen atoms in total. The van der Waals surface area contributed by atoms with Gasteiger partial charge in [-0.2, -0.15) is 5.10 Å². The third kappa shape index (κ3) is 5.11. The van der Waals surface area contributed by atoms with Crippen molar-refractivity contribution in [2.24, 2.45) is 0 Å². The first-order valence-electron chi connectivity index (χ1n) is 21.7. The molecule has 0 saturated heterocycles. The van der Waals surface area contributed by atoms with Gasteiger partial charge in [-0.3, -0.25) is 0 Å². The first-order valence-corrected chi connectivity index (χ1v) is 21.7. The molecule has 0 fully saturated rings. The Hall–Kier alpha value is -8.27. The van der Waals surface area contributed by atoms with E-state index in [1.807, 2.05) is 0 Å². The monoisotopic (exact) mass is 801 g/mol. The van der Waals surface area contributed by atoms with Crippen molar-refractivity contribution in [1.29, 1.82) is 0 Å². The maximum Gasteiger partial charge on any atom is 0.101 e. The molecule has 0 bridgehead atoms. The summed E-state index contributed by atoms with van der Waals surface area (Å²) in [6, 6.07) is 86.3. The van der Waals surface area contributed by atoms with Crippen LogP contribution in [0.3, 0.4) is 0 Å². The number of anilines is 3. The average molecular weight is 802 g/mol. The molecule has 0 unspecified atom stereocenters. The van der Waals surface area contributed by atoms with Crippen molar-refractivity contribution in [2.75, 3.05) is 4.90 Å². The lowest BCUT2D eigenvalue weighted by Crippen LogP contribution is -2.26. The lowest BCUT2D eigenvalue weighted by Gasteiger charge is -2.32. The summed E-state index contributed by atoms with van der Waals surface area (Å²) >= 11 is 0. The van der Waals surface area contributed by atoms with E-state index in [0.717, 1.165) is 67.0 Å². The van der Waals surface area contributed by atoms with Crippen molar-refractivity contribution in [3.05, 3.63) is 259 Å². The number of hydrogen-bond acceptors (Lipinski definition) is 2. The van der Waals surface area contributed by atoms with Crippen molar-refractivity contribution in [3.8, 4) is 55.9 Å². The van der Waals surface area contributed by atoms with Gasteiger partial charge in [-0.05, 0) is 86.3 Å². The van der Waals surface area contributed by atoms with Crippen LogP contribution in [0.15, 0.2) is 237 Å². The molecule has 0 amide bonds. The van der Waals surface area contributed by atoms with E-state index in [0.29, 0.717) is 0 Å². The molecule has 11 aromatic rings. The van der Waals surface area contributed by atoms with Gasteiger partial charge in [0.15, 0.2) is 0 Å². The predicted octanol–water partition coefficient (Wildman–Crippen LogP) is 15.3. The zero-order valence-corrected chi connectivity index (χ0v) is 34.4. The van der Waals surface area contributed by atoms with Gasteiger partial charge in [-0.15, -0.1) is 0 Å². The summed E-state index contributed by atoms with van der Waals surface area (Å²) in [5.41, 5.74) is 20.8. The van der Waals surface area contributed by atoms with Crippen molar-refractivity contribution >= 4 is 33.4 Å². The second-order valence-corrected chi connectivity index (χ2v) is 16.6. The molecule has 3 heteroatoms. The molecular weight excluding hydrogens is 763 g/mol. The first kappa shape index (κ1) is 35.5. The molecule has 63 heavy (non-hydrogen) atoms. The Labute approximate surface area is 366 Å². The molecule has 2 heterocycles. The normalized spacial score (nSPS) is 12.9. The fraction of sp³-hybridized carbons (Fsp3) is 0.0167. The molecule has 9 aromatic carbocycles. The summed E-state index contributed by atoms with van der Waals surface area (Å²) in [5, 5.41) is 7.81. The number of rotatable bonds is 6. The van der Waals surface area contributed by atoms with E-state index in [-0.39, 0.29) is 0 Å². The number of para-hydroxylation sites is 1. The molecule has 294 valence electrons. The molecule has 0 radical (unpaired) electrons. The number of benzene rings is 9. The quantitative estimate of drug-likeness (QED) is 0.167. The summed E-state index contributed by atoms with van der Waals surface area (Å²) in [6.07, 6.45) is 0. The van der Waals surface area contributed by atoms with Gasteiger partial charge in [0.1, 0.15) is 5.69 Å². The number of aromatic nitrogens is 2. The topological polar surface area (TPSA) is 20.5 Å². The number of nitrogens with zero attached hydrogens (tertiary/aromatic N) is 3. The lowest BCUT2D eigenvalue weighted by molar-refractivity contribution is 0.794. The van der Waals surface area contributed by atoms with Crippen LogP contribution >= 0.6 is 0 Å². The van der Waals surface area contributed by atoms with E-state index >= 15 is 0 Å². The van der Waals surface area contributed by atoms with Crippen molar-refractivity contribution in [2.45, 2.75) is 5.41 Å². The fourth-order valence-electron chi connectivity index (χ4n) is 10.9. The standard InChI is InChI=1S/C60H39N3/c1-5-20-40(21-6-1)55-38-43-36-37-45(39-49(43)59-56(41-22-7-2-8-23-41)58(61-63(55)59)42-24-9-3-10-25-42)62(44-26-11-4-12-27-44)54-35-19-34-53-57(54)48-30-15-18-33-52(48)60(53)50-31-16-13-28-46(50)47-29-14-17-32-51(47)60/h1-39H. The minimum absolute atomic E-state index is 0.448. The Balaban J connectivity index is 1.12. The Morgan fingerprint density at radius 2 is 0.905 bits per heavy atom. The molecular formula is C60H39N3. The van der Waals surface area contributed by atoms with Crippen LogP contribution in [0, 0.1) is 0 Å². The van der Waals surface area contributed by atoms with Gasteiger partial charge in [0.2, 0.25) is 0 Å². The molecule has 13 rings (SSSR count). The maximum atomic E-state index is 5.53. The molecule has 0 saturated carbocycles. The van der Waals surface area contributed by atoms with Crippen LogP contribution in [0.1, 0.15) is 22.3 Å². The van der Waals surface area contributed by atoms with Gasteiger partial charge >= 0.3 is 0 Å². The summed E-state index contributed by atoms with van der Waals surface area (Å²) < 4.78 is 2.19. The van der Waals surface area contributed by atoms with Crippen molar-refractivity contribution in [3.63, 3.8) is 0 Å². The average Bonchev–Trinajstić information content (AvgIpc) is 4.01. The molecule has 2 aromatic heterocycles. The predicted molar refractivity (Wildman–Crippen MR) is 260 cm³/mol. The van der Waals surface area contributed by atoms with Crippen molar-refractivity contribution in [1.82, 2.24) is 9.61 Å². The van der Waals surface area contributed by atoms with E-state index in [9.17, 15) is 0 Å². The van der Waals surface area contributed by atoms with Gasteiger partial charge in [-0.25, -0.2) is 4.52 Å². The van der Waals surface area contributed by atoms with Crippen LogP contribution in [-0.4, -0.2) is 9.61 Å². The molecule has 2 aliphatic carbocycles. The van der Waals surface area contributed by atoms with Gasteiger partial charge < -0.3 is 4.90 Å². The van der Waals surface area contributed by atoms with Crippen LogP contribution in [0.5, 0.6) is 0 Å². The second-order valence-electron chi connectivity index (χ2n) is 16.6. The first-order chi connectivity index (χ1) is 31.3. The van der Waals surface area contributed by atoms with Crippen LogP contribution in [0.25, 0.3) is 72.2 Å². The van der Waals surface area contributed by atoms with Crippen molar-refractivity contribution < 1.29 is 0 Å². The van der Waals surface area contributed by atoms with Gasteiger partial charge in [0.25, 0.3) is 0 Å². The van der Waals surface area contributed by atoms with Crippen LogP contribution in [-0.2, 0) is 5.41 Å². The van der Waals surface area contributed by atoms with Gasteiger partial charge in [-0.1, -0.05) is 200 Å². The summed E-state index contributed by atoms with van der Waals surface area (Å²) in [5.74, 6) is 0. The lowest BCUT2D eigenvalue weighted by atomic mass is 9.70. The number of pyridine rings is 1. The van der Waals surface area contributed by atoms with E-state index in [1.165, 1.54) is 44.5 Å². The largest absolute Gasteiger partial charge is 0.310 e. The minimum atomic E-state index is -0.448. The molecule has 0 atom stereocenters. The SMILES string of the molecule is c1ccc(-c2nn3c(-c4ccccc4)cc4ccc(N(c5ccccc5)c5cccc6c5-c5ccccc5C65c6ccccc6-c6ccccc65)cc4c3c2-c2ccccc2)cc1. The Bertz CT molecular complexity index is 3510. The number of hydrogen-bond donors (Lipinski definition) is 0. The van der Waals surface area contributed by atoms with E-state index < -0.39 is 5.41 Å². The van der Waals surface area contributed by atoms with E-state index in [2.05, 4.69) is 246 Å². The zero-order valence-electron chi connectivity index (χ0n) is 34.4. The highest BCUT2D eigenvalue weighted by atomic mass is 15.2. The Morgan fingerprint density at radius 3 is 1.56 bits per heavy atom. The van der Waals surface area contributed by atoms with Gasteiger partial charge in [0, 0.05) is 39.0 Å². The highest BCUT2D eigenvalue weighted by Gasteiger charge is 2.52. The van der Waals surface area contributed by atoms with Crippen LogP contribution in [0.2, 0.25) is 0 Å². The molecule has 1 spiro atoms. The minimum Gasteiger partial charge on any atom is -0.310 e. The summed E-state index contributed by atoms with van der Waals surface area (Å²) in [7, 11) is 0. The van der Waals surface area contributed by atoms with Gasteiger partial charge in [0.05, 0.1) is 22.3 Å². The molecule has 2 aliphatic rings. The molecule has 0 aliphatic heterocycles. The second kappa shape index (κ2) is 13.9. The Kier molecular flexibility index (Phi) is 7.82. The smallest absolute Gasteiger partial charge is 0.101 e. The third-order valence-corrected chi connectivity index (χ3v) is 13.4. The van der Waals surface area contributed by atoms with Crippen LogP contribution in [0.4, 0.5) is 17.1 Å². The fourth-order valence-corrected chi connectivity index (χ4v) is 10.9. The molecule has 0 N–H and O–H groups in total. The van der Waals surface area contributed by atoms with E-state index in [4.69, 9.17) is 5.10 Å². The van der Waals surface area contributed by atoms with Crippen LogP contribution < -0.4 is 4.90 Å².